The minimum atomic E-state index is -0.799. The van der Waals surface area contributed by atoms with Gasteiger partial charge in [-0.25, -0.2) is 8.78 Å². The molecule has 1 nitrogen and oxygen atoms in total. The van der Waals surface area contributed by atoms with Crippen molar-refractivity contribution in [2.45, 2.75) is 18.3 Å². The van der Waals surface area contributed by atoms with E-state index in [0.717, 1.165) is 30.6 Å². The summed E-state index contributed by atoms with van der Waals surface area (Å²) in [6.07, 6.45) is 0.891. The van der Waals surface area contributed by atoms with Gasteiger partial charge in [-0.3, -0.25) is 0 Å². The van der Waals surface area contributed by atoms with Gasteiger partial charge in [-0.15, -0.1) is 0 Å². The van der Waals surface area contributed by atoms with E-state index in [1.165, 1.54) is 12.1 Å². The largest absolute Gasteiger partial charge is 0.316 e. The number of nitrogens with one attached hydrogen (secondary N) is 1. The summed E-state index contributed by atoms with van der Waals surface area (Å²) >= 11 is 6.07. The maximum Gasteiger partial charge on any atom is 0.159 e. The van der Waals surface area contributed by atoms with Crippen molar-refractivity contribution in [2.75, 3.05) is 13.1 Å². The predicted molar refractivity (Wildman–Crippen MR) is 80.8 cm³/mol. The Morgan fingerprint density at radius 3 is 2.52 bits per heavy atom. The third-order valence-corrected chi connectivity index (χ3v) is 4.37. The molecule has 0 radical (unpaired) electrons. The van der Waals surface area contributed by atoms with Crippen LogP contribution in [0.3, 0.4) is 0 Å². The first kappa shape index (κ1) is 14.5. The standard InChI is InChI=1S/C17H16ClF2N/c18-13-3-1-2-11(8-13)15-10-21-7-6-14(15)12-4-5-16(19)17(20)9-12/h1-5,8-9,14-15,21H,6-7,10H2. The van der Waals surface area contributed by atoms with Crippen molar-refractivity contribution in [1.82, 2.24) is 5.32 Å². The molecule has 0 amide bonds. The maximum absolute atomic E-state index is 13.5. The molecule has 1 aliphatic rings. The predicted octanol–water partition coefficient (Wildman–Crippen LogP) is 4.48. The van der Waals surface area contributed by atoms with Crippen LogP contribution in [0.15, 0.2) is 42.5 Å². The molecule has 1 fully saturated rings. The van der Waals surface area contributed by atoms with Crippen molar-refractivity contribution in [1.29, 1.82) is 0 Å². The van der Waals surface area contributed by atoms with E-state index in [0.29, 0.717) is 5.02 Å². The molecular formula is C17H16ClF2N. The van der Waals surface area contributed by atoms with E-state index in [1.807, 2.05) is 24.3 Å². The first-order valence-electron chi connectivity index (χ1n) is 7.06. The lowest BCUT2D eigenvalue weighted by atomic mass is 9.77. The summed E-state index contributed by atoms with van der Waals surface area (Å²) in [5.74, 6) is -1.20. The highest BCUT2D eigenvalue weighted by molar-refractivity contribution is 6.30. The summed E-state index contributed by atoms with van der Waals surface area (Å²) < 4.78 is 26.7. The van der Waals surface area contributed by atoms with E-state index in [2.05, 4.69) is 5.32 Å². The fourth-order valence-corrected chi connectivity index (χ4v) is 3.29. The van der Waals surface area contributed by atoms with Crippen molar-refractivity contribution in [3.63, 3.8) is 0 Å². The Bertz CT molecular complexity index is 644. The number of rotatable bonds is 2. The van der Waals surface area contributed by atoms with Gasteiger partial charge in [0, 0.05) is 17.5 Å². The van der Waals surface area contributed by atoms with E-state index in [9.17, 15) is 8.78 Å². The lowest BCUT2D eigenvalue weighted by molar-refractivity contribution is 0.401. The highest BCUT2D eigenvalue weighted by Crippen LogP contribution is 2.38. The van der Waals surface area contributed by atoms with Gasteiger partial charge < -0.3 is 5.32 Å². The van der Waals surface area contributed by atoms with Gasteiger partial charge in [-0.2, -0.15) is 0 Å². The summed E-state index contributed by atoms with van der Waals surface area (Å²) in [5.41, 5.74) is 1.98. The maximum atomic E-state index is 13.5. The number of piperidine rings is 1. The van der Waals surface area contributed by atoms with Gasteiger partial charge in [-0.05, 0) is 54.3 Å². The molecule has 0 aromatic heterocycles. The molecule has 4 heteroatoms. The third kappa shape index (κ3) is 3.09. The van der Waals surface area contributed by atoms with Crippen LogP contribution in [0.25, 0.3) is 0 Å². The van der Waals surface area contributed by atoms with Gasteiger partial charge in [0.15, 0.2) is 11.6 Å². The molecule has 0 bridgehead atoms. The Labute approximate surface area is 127 Å². The first-order chi connectivity index (χ1) is 10.1. The average Bonchev–Trinajstić information content (AvgIpc) is 2.50. The Morgan fingerprint density at radius 2 is 1.76 bits per heavy atom. The van der Waals surface area contributed by atoms with Crippen LogP contribution in [-0.4, -0.2) is 13.1 Å². The van der Waals surface area contributed by atoms with E-state index in [1.54, 1.807) is 6.07 Å². The Balaban J connectivity index is 1.96. The molecule has 1 heterocycles. The van der Waals surface area contributed by atoms with Crippen LogP contribution in [0.4, 0.5) is 8.78 Å². The van der Waals surface area contributed by atoms with Crippen molar-refractivity contribution in [2.24, 2.45) is 0 Å². The SMILES string of the molecule is Fc1ccc(C2CCNCC2c2cccc(Cl)c2)cc1F. The van der Waals surface area contributed by atoms with Crippen LogP contribution in [0.1, 0.15) is 29.4 Å². The molecule has 2 atom stereocenters. The second-order valence-electron chi connectivity index (χ2n) is 5.43. The van der Waals surface area contributed by atoms with Gasteiger partial charge in [0.05, 0.1) is 0 Å². The third-order valence-electron chi connectivity index (χ3n) is 4.13. The molecule has 0 aliphatic carbocycles. The van der Waals surface area contributed by atoms with Crippen molar-refractivity contribution < 1.29 is 8.78 Å². The van der Waals surface area contributed by atoms with Crippen LogP contribution in [0.5, 0.6) is 0 Å². The summed E-state index contributed by atoms with van der Waals surface area (Å²) in [5, 5.41) is 4.06. The topological polar surface area (TPSA) is 12.0 Å². The summed E-state index contributed by atoms with van der Waals surface area (Å²) in [6, 6.07) is 12.0. The number of hydrogen-bond donors (Lipinski definition) is 1. The van der Waals surface area contributed by atoms with Crippen LogP contribution < -0.4 is 5.32 Å². The lowest BCUT2D eigenvalue weighted by Gasteiger charge is -2.33. The molecule has 1 saturated heterocycles. The van der Waals surface area contributed by atoms with E-state index in [-0.39, 0.29) is 11.8 Å². The van der Waals surface area contributed by atoms with Crippen molar-refractivity contribution >= 4 is 11.6 Å². The molecule has 21 heavy (non-hydrogen) atoms. The monoisotopic (exact) mass is 307 g/mol. The molecule has 2 unspecified atom stereocenters. The number of benzene rings is 2. The van der Waals surface area contributed by atoms with Crippen LogP contribution in [0, 0.1) is 11.6 Å². The molecule has 2 aromatic carbocycles. The number of hydrogen-bond acceptors (Lipinski definition) is 1. The molecule has 0 spiro atoms. The molecule has 3 rings (SSSR count). The first-order valence-corrected chi connectivity index (χ1v) is 7.44. The van der Waals surface area contributed by atoms with E-state index in [4.69, 9.17) is 11.6 Å². The number of halogens is 3. The van der Waals surface area contributed by atoms with Gasteiger partial charge >= 0.3 is 0 Å². The van der Waals surface area contributed by atoms with Gasteiger partial charge in [0.1, 0.15) is 0 Å². The van der Waals surface area contributed by atoms with Crippen molar-refractivity contribution in [3.8, 4) is 0 Å². The van der Waals surface area contributed by atoms with Gasteiger partial charge in [-0.1, -0.05) is 29.8 Å². The minimum absolute atomic E-state index is 0.166. The second kappa shape index (κ2) is 6.12. The second-order valence-corrected chi connectivity index (χ2v) is 5.87. The van der Waals surface area contributed by atoms with E-state index < -0.39 is 11.6 Å². The lowest BCUT2D eigenvalue weighted by Crippen LogP contribution is -2.34. The molecule has 0 saturated carbocycles. The van der Waals surface area contributed by atoms with Gasteiger partial charge in [0.25, 0.3) is 0 Å². The van der Waals surface area contributed by atoms with Crippen LogP contribution >= 0.6 is 11.6 Å². The zero-order valence-electron chi connectivity index (χ0n) is 11.5. The Hall–Kier alpha value is -1.45. The fraction of sp³-hybridized carbons (Fsp3) is 0.294. The molecule has 2 aromatic rings. The van der Waals surface area contributed by atoms with Crippen LogP contribution in [0.2, 0.25) is 5.02 Å². The summed E-state index contributed by atoms with van der Waals surface area (Å²) in [6.45, 7) is 1.69. The van der Waals surface area contributed by atoms with Crippen molar-refractivity contribution in [3.05, 3.63) is 70.2 Å². The van der Waals surface area contributed by atoms with Gasteiger partial charge in [0.2, 0.25) is 0 Å². The normalized spacial score (nSPS) is 22.2. The zero-order valence-corrected chi connectivity index (χ0v) is 12.2. The zero-order chi connectivity index (χ0) is 14.8. The van der Waals surface area contributed by atoms with E-state index >= 15 is 0 Å². The molecular weight excluding hydrogens is 292 g/mol. The highest BCUT2D eigenvalue weighted by Gasteiger charge is 2.28. The van der Waals surface area contributed by atoms with Crippen LogP contribution in [-0.2, 0) is 0 Å². The highest BCUT2D eigenvalue weighted by atomic mass is 35.5. The molecule has 1 N–H and O–H groups in total. The smallest absolute Gasteiger partial charge is 0.159 e. The molecule has 1 aliphatic heterocycles. The quantitative estimate of drug-likeness (QED) is 0.862. The average molecular weight is 308 g/mol. The Kier molecular flexibility index (Phi) is 4.22. The Morgan fingerprint density at radius 1 is 0.952 bits per heavy atom. The minimum Gasteiger partial charge on any atom is -0.316 e. The fourth-order valence-electron chi connectivity index (χ4n) is 3.09. The summed E-state index contributed by atoms with van der Waals surface area (Å²) in [4.78, 5) is 0. The summed E-state index contributed by atoms with van der Waals surface area (Å²) in [7, 11) is 0. The molecule has 110 valence electrons.